The molecular weight excluding hydrogens is 492 g/mol. The highest BCUT2D eigenvalue weighted by Gasteiger charge is 1.81. The van der Waals surface area contributed by atoms with Crippen LogP contribution in [0.15, 0.2) is 91.0 Å². The molecule has 3 aromatic rings. The lowest BCUT2D eigenvalue weighted by atomic mass is 10.3. The Balaban J connectivity index is -0.0000000647. The molecule has 0 radical (unpaired) electrons. The predicted molar refractivity (Wildman–Crippen MR) is 187 cm³/mol. The van der Waals surface area contributed by atoms with Gasteiger partial charge in [0.15, 0.2) is 0 Å². The van der Waals surface area contributed by atoms with Crippen molar-refractivity contribution < 1.29 is 14.6 Å². The van der Waals surface area contributed by atoms with E-state index in [1.807, 2.05) is 122 Å². The maximum atomic E-state index is 8.63. The minimum Gasteiger partial charge on any atom is -0.508 e. The first-order valence-electron chi connectivity index (χ1n) is 15.4. The van der Waals surface area contributed by atoms with Gasteiger partial charge in [0, 0.05) is 0 Å². The summed E-state index contributed by atoms with van der Waals surface area (Å²) < 4.78 is 9.83. The molecular formula is C37H70O3. The normalized spacial score (nSPS) is 6.90. The molecule has 0 saturated carbocycles. The number of hydrogen-bond acceptors (Lipinski definition) is 3. The molecule has 0 bridgehead atoms. The molecule has 236 valence electrons. The number of benzene rings is 3. The van der Waals surface area contributed by atoms with Crippen LogP contribution in [0.4, 0.5) is 0 Å². The Bertz CT molecular complexity index is 613. The molecule has 0 aliphatic carbocycles. The van der Waals surface area contributed by atoms with E-state index in [2.05, 4.69) is 41.5 Å². The molecule has 1 N–H and O–H groups in total. The van der Waals surface area contributed by atoms with Gasteiger partial charge in [-0.3, -0.25) is 0 Å². The largest absolute Gasteiger partial charge is 0.508 e. The van der Waals surface area contributed by atoms with Gasteiger partial charge in [-0.25, -0.2) is 0 Å². The van der Waals surface area contributed by atoms with E-state index in [1.54, 1.807) is 38.5 Å². The minimum atomic E-state index is 0.322. The van der Waals surface area contributed by atoms with Gasteiger partial charge in [0.2, 0.25) is 0 Å². The summed E-state index contributed by atoms with van der Waals surface area (Å²) in [6.07, 6.45) is 3.75. The number of phenols is 1. The maximum Gasteiger partial charge on any atom is 0.118 e. The molecule has 0 atom stereocenters. The highest BCUT2D eigenvalue weighted by atomic mass is 16.5. The molecule has 0 aliphatic rings. The zero-order chi connectivity index (χ0) is 32.9. The molecule has 0 amide bonds. The van der Waals surface area contributed by atoms with Crippen LogP contribution in [-0.4, -0.2) is 19.3 Å². The summed E-state index contributed by atoms with van der Waals surface area (Å²) in [6, 6.07) is 28.1. The number of aromatic hydroxyl groups is 1. The summed E-state index contributed by atoms with van der Waals surface area (Å²) in [7, 11) is 3.32. The third-order valence-electron chi connectivity index (χ3n) is 2.71. The van der Waals surface area contributed by atoms with Gasteiger partial charge in [0.1, 0.15) is 17.2 Å². The number of hydrogen-bond donors (Lipinski definition) is 1. The van der Waals surface area contributed by atoms with Crippen LogP contribution in [0.5, 0.6) is 17.2 Å². The van der Waals surface area contributed by atoms with E-state index in [1.165, 1.54) is 19.3 Å². The first-order chi connectivity index (χ1) is 19.5. The number of methoxy groups -OCH3 is 2. The van der Waals surface area contributed by atoms with Gasteiger partial charge < -0.3 is 14.6 Å². The van der Waals surface area contributed by atoms with Crippen LogP contribution in [0.3, 0.4) is 0 Å². The van der Waals surface area contributed by atoms with Gasteiger partial charge >= 0.3 is 0 Å². The van der Waals surface area contributed by atoms with E-state index in [-0.39, 0.29) is 0 Å². The van der Waals surface area contributed by atoms with Crippen molar-refractivity contribution in [3.8, 4) is 17.2 Å². The number of para-hydroxylation sites is 3. The molecule has 0 aliphatic heterocycles. The van der Waals surface area contributed by atoms with E-state index in [0.717, 1.165) is 11.5 Å². The molecule has 3 aromatic carbocycles. The average molecular weight is 563 g/mol. The Morgan fingerprint density at radius 1 is 0.400 bits per heavy atom. The van der Waals surface area contributed by atoms with E-state index in [4.69, 9.17) is 14.6 Å². The molecule has 3 nitrogen and oxygen atoms in total. The smallest absolute Gasteiger partial charge is 0.118 e. The lowest BCUT2D eigenvalue weighted by Gasteiger charge is -1.93. The van der Waals surface area contributed by atoms with Crippen LogP contribution in [0.25, 0.3) is 0 Å². The van der Waals surface area contributed by atoms with E-state index in [9.17, 15) is 0 Å². The van der Waals surface area contributed by atoms with E-state index < -0.39 is 0 Å². The van der Waals surface area contributed by atoms with Crippen molar-refractivity contribution in [2.75, 3.05) is 14.2 Å². The minimum absolute atomic E-state index is 0.322. The summed E-state index contributed by atoms with van der Waals surface area (Å²) in [5.41, 5.74) is 0. The highest BCUT2D eigenvalue weighted by molar-refractivity contribution is 5.21. The van der Waals surface area contributed by atoms with Crippen LogP contribution in [0.2, 0.25) is 0 Å². The van der Waals surface area contributed by atoms with Crippen LogP contribution in [0.1, 0.15) is 116 Å². The molecule has 0 fully saturated rings. The predicted octanol–water partition coefficient (Wildman–Crippen LogP) is 13.1. The van der Waals surface area contributed by atoms with Crippen LogP contribution >= 0.6 is 0 Å². The quantitative estimate of drug-likeness (QED) is 0.337. The molecule has 40 heavy (non-hydrogen) atoms. The van der Waals surface area contributed by atoms with Gasteiger partial charge in [-0.05, 0) is 36.4 Å². The van der Waals surface area contributed by atoms with Crippen molar-refractivity contribution in [1.29, 1.82) is 0 Å². The van der Waals surface area contributed by atoms with Gasteiger partial charge in [-0.15, -0.1) is 0 Å². The Kier molecular flexibility index (Phi) is 87.0. The zero-order valence-corrected chi connectivity index (χ0v) is 29.5. The van der Waals surface area contributed by atoms with E-state index >= 15 is 0 Å². The molecule has 0 saturated heterocycles. The number of rotatable bonds is 2. The zero-order valence-electron chi connectivity index (χ0n) is 29.5. The summed E-state index contributed by atoms with van der Waals surface area (Å²) in [4.78, 5) is 0. The third kappa shape index (κ3) is 64.8. The lowest BCUT2D eigenvalue weighted by molar-refractivity contribution is 0.414. The van der Waals surface area contributed by atoms with Gasteiger partial charge in [0.25, 0.3) is 0 Å². The fourth-order valence-electron chi connectivity index (χ4n) is 1.54. The summed E-state index contributed by atoms with van der Waals surface area (Å²) >= 11 is 0. The van der Waals surface area contributed by atoms with Gasteiger partial charge in [-0.1, -0.05) is 171 Å². The SMILES string of the molecule is CC.CC.CC.CC.CCC.CCC.CCC.COc1ccccc1.COc1ccccc1.Oc1ccccc1. The second kappa shape index (κ2) is 65.3. The van der Waals surface area contributed by atoms with Crippen molar-refractivity contribution in [2.24, 2.45) is 0 Å². The maximum absolute atomic E-state index is 8.63. The lowest BCUT2D eigenvalue weighted by Crippen LogP contribution is -1.78. The number of ether oxygens (including phenoxy) is 2. The topological polar surface area (TPSA) is 38.7 Å². The monoisotopic (exact) mass is 563 g/mol. The van der Waals surface area contributed by atoms with Crippen LogP contribution in [-0.2, 0) is 0 Å². The molecule has 0 aromatic heterocycles. The Labute approximate surface area is 253 Å². The Morgan fingerprint density at radius 2 is 0.575 bits per heavy atom. The number of phenolic OH excluding ortho intramolecular Hbond substituents is 1. The highest BCUT2D eigenvalue weighted by Crippen LogP contribution is 2.06. The fourth-order valence-corrected chi connectivity index (χ4v) is 1.54. The molecule has 0 spiro atoms. The molecule has 3 heteroatoms. The summed E-state index contributed by atoms with van der Waals surface area (Å²) in [5, 5.41) is 8.63. The second-order valence-electron chi connectivity index (χ2n) is 6.49. The third-order valence-corrected chi connectivity index (χ3v) is 2.71. The van der Waals surface area contributed by atoms with E-state index in [0.29, 0.717) is 5.75 Å². The summed E-state index contributed by atoms with van der Waals surface area (Å²) in [5.74, 6) is 2.14. The Hall–Kier alpha value is -2.94. The van der Waals surface area contributed by atoms with Crippen molar-refractivity contribution in [1.82, 2.24) is 0 Å². The average Bonchev–Trinajstić information content (AvgIpc) is 3.04. The van der Waals surface area contributed by atoms with Crippen LogP contribution < -0.4 is 9.47 Å². The molecule has 3 rings (SSSR count). The second-order valence-corrected chi connectivity index (χ2v) is 6.49. The first-order valence-corrected chi connectivity index (χ1v) is 15.4. The van der Waals surface area contributed by atoms with Crippen molar-refractivity contribution in [2.45, 2.75) is 116 Å². The van der Waals surface area contributed by atoms with Crippen molar-refractivity contribution in [3.05, 3.63) is 91.0 Å². The Morgan fingerprint density at radius 3 is 0.675 bits per heavy atom. The summed E-state index contributed by atoms with van der Waals surface area (Å²) in [6.45, 7) is 28.8. The first kappa shape index (κ1) is 53.3. The van der Waals surface area contributed by atoms with Gasteiger partial charge in [-0.2, -0.15) is 0 Å². The molecule has 0 unspecified atom stereocenters. The standard InChI is InChI=1S/2C7H8O.C6H6O.3C3H8.4C2H6/c2*1-8-7-5-3-2-4-6-7;7-6-4-2-1-3-5-6;3*1-3-2;4*1-2/h2*2-6H,1H3;1-5,7H;3*3H2,1-2H3;4*1-2H3. The van der Waals surface area contributed by atoms with Gasteiger partial charge in [0.05, 0.1) is 14.2 Å². The van der Waals surface area contributed by atoms with Crippen molar-refractivity contribution in [3.63, 3.8) is 0 Å². The van der Waals surface area contributed by atoms with Crippen LogP contribution in [0, 0.1) is 0 Å². The van der Waals surface area contributed by atoms with Crippen molar-refractivity contribution >= 4 is 0 Å². The fraction of sp³-hybridized carbons (Fsp3) is 0.514. The molecule has 0 heterocycles.